The Balaban J connectivity index is 0.712. The van der Waals surface area contributed by atoms with Gasteiger partial charge >= 0.3 is 0 Å². The molecule has 1 unspecified atom stereocenters. The topological polar surface area (TPSA) is 170 Å². The van der Waals surface area contributed by atoms with Crippen molar-refractivity contribution in [2.75, 3.05) is 5.32 Å². The largest absolute Gasteiger partial charge is 0.379 e. The van der Waals surface area contributed by atoms with E-state index in [-0.39, 0.29) is 23.8 Å². The minimum atomic E-state index is -0.630. The molecule has 6 heterocycles. The van der Waals surface area contributed by atoms with Crippen LogP contribution in [0.2, 0.25) is 5.02 Å². The van der Waals surface area contributed by atoms with Crippen molar-refractivity contribution in [1.29, 1.82) is 0 Å². The van der Waals surface area contributed by atoms with Crippen LogP contribution in [0.3, 0.4) is 0 Å². The predicted molar refractivity (Wildman–Crippen MR) is 224 cm³/mol. The molecule has 1 saturated heterocycles. The van der Waals surface area contributed by atoms with Gasteiger partial charge in [0.2, 0.25) is 11.8 Å². The lowest BCUT2D eigenvalue weighted by atomic mass is 9.96. The van der Waals surface area contributed by atoms with Gasteiger partial charge in [0.15, 0.2) is 5.82 Å². The van der Waals surface area contributed by atoms with E-state index in [1.54, 1.807) is 4.90 Å². The molecule has 6 aromatic rings. The standard InChI is InChI=1S/C44H43ClN12O3/c1-27-50-52-43-44(16-17-44)49-40(28-6-10-32(45)11-7-28)36-20-29(9-13-37(36)57(27)43)31-22-47-54(24-31)18-4-2-3-5-19-55-26-34(51-53-55)23-46-33-12-8-30-25-56(42(60)35(30)21-33)38-14-15-39(58)48-41(38)59/h6-13,20-22,24,26,38,46H,2-5,14-19,23,25H2,1H3,(H,48,58,59). The summed E-state index contributed by atoms with van der Waals surface area (Å²) in [5.74, 6) is 0.849. The molecule has 1 aliphatic carbocycles. The fraction of sp³-hybridized carbons (Fsp3) is 0.341. The number of carbonyl (C=O) groups is 3. The van der Waals surface area contributed by atoms with Gasteiger partial charge in [-0.2, -0.15) is 5.10 Å². The molecule has 3 amide bonds. The first kappa shape index (κ1) is 37.8. The van der Waals surface area contributed by atoms with Gasteiger partial charge < -0.3 is 10.2 Å². The number of hydrogen-bond donors (Lipinski definition) is 2. The highest BCUT2D eigenvalue weighted by atomic mass is 35.5. The molecule has 2 fully saturated rings. The predicted octanol–water partition coefficient (Wildman–Crippen LogP) is 6.16. The number of rotatable bonds is 13. The highest BCUT2D eigenvalue weighted by Gasteiger charge is 2.51. The summed E-state index contributed by atoms with van der Waals surface area (Å²) in [4.78, 5) is 44.1. The quantitative estimate of drug-likeness (QED) is 0.102. The van der Waals surface area contributed by atoms with Gasteiger partial charge in [0, 0.05) is 65.2 Å². The number of aliphatic imine (C=N–C) groups is 1. The van der Waals surface area contributed by atoms with Crippen molar-refractivity contribution in [3.05, 3.63) is 124 Å². The van der Waals surface area contributed by atoms with Crippen LogP contribution in [0.25, 0.3) is 16.8 Å². The number of carbonyl (C=O) groups excluding carboxylic acids is 3. The summed E-state index contributed by atoms with van der Waals surface area (Å²) in [6.07, 6.45) is 12.6. The number of unbranched alkanes of at least 4 members (excludes halogenated alkanes) is 3. The lowest BCUT2D eigenvalue weighted by Crippen LogP contribution is -2.52. The van der Waals surface area contributed by atoms with Gasteiger partial charge in [-0.3, -0.25) is 38.6 Å². The van der Waals surface area contributed by atoms with Crippen LogP contribution in [-0.4, -0.2) is 73.9 Å². The Kier molecular flexibility index (Phi) is 9.62. The number of piperidine rings is 1. The Bertz CT molecular complexity index is 2690. The molecular weight excluding hydrogens is 780 g/mol. The zero-order chi connectivity index (χ0) is 41.0. The Morgan fingerprint density at radius 3 is 2.45 bits per heavy atom. The van der Waals surface area contributed by atoms with E-state index >= 15 is 0 Å². The molecule has 16 heteroatoms. The van der Waals surface area contributed by atoms with Crippen molar-refractivity contribution in [2.45, 2.75) is 96.1 Å². The van der Waals surface area contributed by atoms with E-state index in [0.717, 1.165) is 114 Å². The summed E-state index contributed by atoms with van der Waals surface area (Å²) in [6.45, 7) is 4.42. The average Bonchev–Trinajstić information content (AvgIpc) is 3.58. The third-order valence-electron chi connectivity index (χ3n) is 12.0. The van der Waals surface area contributed by atoms with Gasteiger partial charge in [0.1, 0.15) is 23.1 Å². The fourth-order valence-corrected chi connectivity index (χ4v) is 8.71. The normalized spacial score (nSPS) is 17.6. The summed E-state index contributed by atoms with van der Waals surface area (Å²) >= 11 is 6.29. The highest BCUT2D eigenvalue weighted by molar-refractivity contribution is 6.30. The van der Waals surface area contributed by atoms with Gasteiger partial charge in [-0.05, 0) is 86.6 Å². The van der Waals surface area contributed by atoms with E-state index in [4.69, 9.17) is 21.7 Å². The molecule has 4 aliphatic rings. The molecule has 304 valence electrons. The second kappa shape index (κ2) is 15.3. The molecule has 1 saturated carbocycles. The van der Waals surface area contributed by atoms with Crippen LogP contribution in [0.1, 0.15) is 95.8 Å². The molecule has 10 rings (SSSR count). The fourth-order valence-electron chi connectivity index (χ4n) is 8.58. The number of nitrogens with one attached hydrogen (secondary N) is 2. The second-order valence-electron chi connectivity index (χ2n) is 16.1. The van der Waals surface area contributed by atoms with Crippen molar-refractivity contribution >= 4 is 40.7 Å². The maximum absolute atomic E-state index is 13.2. The van der Waals surface area contributed by atoms with Gasteiger partial charge in [0.25, 0.3) is 5.91 Å². The van der Waals surface area contributed by atoms with Crippen LogP contribution >= 0.6 is 11.6 Å². The SMILES string of the molecule is Cc1nnc2n1-c1ccc(-c3cnn(CCCCCCn4cc(CNc5ccc6c(c5)C(=O)N(C5CCC(=O)NC5=O)C6)nn4)c3)cc1C(c1ccc(Cl)cc1)=NC21CC1. The molecule has 15 nitrogen and oxygen atoms in total. The summed E-state index contributed by atoms with van der Waals surface area (Å²) in [5, 5.41) is 28.8. The van der Waals surface area contributed by atoms with E-state index in [1.165, 1.54) is 0 Å². The Morgan fingerprint density at radius 2 is 1.65 bits per heavy atom. The van der Waals surface area contributed by atoms with Crippen LogP contribution in [0, 0.1) is 6.92 Å². The summed E-state index contributed by atoms with van der Waals surface area (Å²) in [7, 11) is 0. The molecule has 1 spiro atoms. The van der Waals surface area contributed by atoms with Crippen molar-refractivity contribution in [2.24, 2.45) is 4.99 Å². The first-order chi connectivity index (χ1) is 29.2. The van der Waals surface area contributed by atoms with E-state index in [1.807, 2.05) is 71.1 Å². The number of aryl methyl sites for hydroxylation is 3. The lowest BCUT2D eigenvalue weighted by Gasteiger charge is -2.29. The Labute approximate surface area is 350 Å². The zero-order valence-electron chi connectivity index (χ0n) is 33.1. The summed E-state index contributed by atoms with van der Waals surface area (Å²) in [5.41, 5.74) is 8.80. The number of nitrogens with zero attached hydrogens (tertiary/aromatic N) is 10. The second-order valence-corrected chi connectivity index (χ2v) is 16.6. The van der Waals surface area contributed by atoms with Crippen LogP contribution in [0.4, 0.5) is 5.69 Å². The summed E-state index contributed by atoms with van der Waals surface area (Å²) < 4.78 is 6.07. The van der Waals surface area contributed by atoms with Crippen molar-refractivity contribution in [3.8, 4) is 16.8 Å². The van der Waals surface area contributed by atoms with E-state index < -0.39 is 11.9 Å². The molecule has 60 heavy (non-hydrogen) atoms. The maximum atomic E-state index is 13.2. The number of aromatic nitrogens is 8. The monoisotopic (exact) mass is 822 g/mol. The number of hydrogen-bond acceptors (Lipinski definition) is 10. The highest BCUT2D eigenvalue weighted by Crippen LogP contribution is 2.52. The number of fused-ring (bicyclic) bond motifs is 5. The van der Waals surface area contributed by atoms with Crippen molar-refractivity contribution in [1.82, 2.24) is 49.8 Å². The molecular formula is C44H43ClN12O3. The number of imide groups is 1. The van der Waals surface area contributed by atoms with Crippen LogP contribution in [-0.2, 0) is 41.3 Å². The van der Waals surface area contributed by atoms with Gasteiger partial charge in [0.05, 0.1) is 30.3 Å². The molecule has 1 atom stereocenters. The Morgan fingerprint density at radius 1 is 0.850 bits per heavy atom. The number of benzene rings is 3. The van der Waals surface area contributed by atoms with Gasteiger partial charge in [-0.1, -0.05) is 53.9 Å². The van der Waals surface area contributed by atoms with Gasteiger partial charge in [-0.15, -0.1) is 15.3 Å². The minimum absolute atomic E-state index is 0.195. The third-order valence-corrected chi connectivity index (χ3v) is 12.2. The van der Waals surface area contributed by atoms with Crippen molar-refractivity contribution < 1.29 is 14.4 Å². The lowest BCUT2D eigenvalue weighted by molar-refractivity contribution is -0.136. The number of halogens is 1. The van der Waals surface area contributed by atoms with E-state index in [2.05, 4.69) is 60.1 Å². The first-order valence-corrected chi connectivity index (χ1v) is 21.0. The maximum Gasteiger partial charge on any atom is 0.255 e. The van der Waals surface area contributed by atoms with Crippen LogP contribution in [0.5, 0.6) is 0 Å². The summed E-state index contributed by atoms with van der Waals surface area (Å²) in [6, 6.07) is 19.5. The first-order valence-electron chi connectivity index (χ1n) is 20.6. The third kappa shape index (κ3) is 7.16. The molecule has 3 aliphatic heterocycles. The van der Waals surface area contributed by atoms with Gasteiger partial charge in [-0.25, -0.2) is 0 Å². The van der Waals surface area contributed by atoms with E-state index in [0.29, 0.717) is 30.1 Å². The Hall–Kier alpha value is -6.48. The molecule has 0 bridgehead atoms. The molecule has 3 aromatic carbocycles. The number of amides is 3. The molecule has 3 aromatic heterocycles. The van der Waals surface area contributed by atoms with E-state index in [9.17, 15) is 14.4 Å². The molecule has 2 N–H and O–H groups in total. The average molecular weight is 823 g/mol. The molecule has 0 radical (unpaired) electrons. The smallest absolute Gasteiger partial charge is 0.255 e. The minimum Gasteiger partial charge on any atom is -0.379 e. The van der Waals surface area contributed by atoms with Crippen LogP contribution in [0.15, 0.2) is 84.2 Å². The van der Waals surface area contributed by atoms with Crippen molar-refractivity contribution in [3.63, 3.8) is 0 Å². The van der Waals surface area contributed by atoms with Crippen LogP contribution < -0.4 is 10.6 Å². The number of anilines is 1. The zero-order valence-corrected chi connectivity index (χ0v) is 33.9.